The van der Waals surface area contributed by atoms with Crippen LogP contribution in [0.25, 0.3) is 11.8 Å². The molecule has 1 N–H and O–H groups in total. The summed E-state index contributed by atoms with van der Waals surface area (Å²) in [6.07, 6.45) is 6.91. The van der Waals surface area contributed by atoms with Crippen molar-refractivity contribution in [1.82, 2.24) is 9.55 Å². The normalized spacial score (nSPS) is 10.8. The van der Waals surface area contributed by atoms with Gasteiger partial charge >= 0.3 is 0 Å². The number of rotatable bonds is 5. The van der Waals surface area contributed by atoms with E-state index in [1.54, 1.807) is 25.6 Å². The summed E-state index contributed by atoms with van der Waals surface area (Å²) in [6.45, 7) is 1.92. The Morgan fingerprint density at radius 2 is 2.00 bits per heavy atom. The number of imidazole rings is 1. The van der Waals surface area contributed by atoms with Gasteiger partial charge in [0, 0.05) is 18.0 Å². The van der Waals surface area contributed by atoms with Gasteiger partial charge in [-0.1, -0.05) is 30.3 Å². The third-order valence-corrected chi connectivity index (χ3v) is 3.66. The molecule has 0 bridgehead atoms. The molecule has 5 heteroatoms. The number of methoxy groups -OCH3 is 1. The zero-order valence-corrected chi connectivity index (χ0v) is 14.1. The fourth-order valence-electron chi connectivity index (χ4n) is 2.44. The highest BCUT2D eigenvalue weighted by Gasteiger charge is 2.08. The van der Waals surface area contributed by atoms with E-state index in [4.69, 9.17) is 4.74 Å². The van der Waals surface area contributed by atoms with E-state index >= 15 is 0 Å². The van der Waals surface area contributed by atoms with Gasteiger partial charge in [-0.05, 0) is 36.8 Å². The molecule has 2 aromatic carbocycles. The molecule has 0 spiro atoms. The van der Waals surface area contributed by atoms with Gasteiger partial charge in [0.15, 0.2) is 0 Å². The lowest BCUT2D eigenvalue weighted by Gasteiger charge is -2.11. The van der Waals surface area contributed by atoms with E-state index in [9.17, 15) is 4.79 Å². The summed E-state index contributed by atoms with van der Waals surface area (Å²) in [7, 11) is 1.61. The van der Waals surface area contributed by atoms with Crippen molar-refractivity contribution >= 4 is 17.7 Å². The van der Waals surface area contributed by atoms with E-state index in [2.05, 4.69) is 10.3 Å². The Morgan fingerprint density at radius 1 is 1.20 bits per heavy atom. The van der Waals surface area contributed by atoms with Crippen LogP contribution in [0, 0.1) is 6.92 Å². The van der Waals surface area contributed by atoms with Crippen LogP contribution >= 0.6 is 0 Å². The lowest BCUT2D eigenvalue weighted by atomic mass is 10.2. The second kappa shape index (κ2) is 7.49. The molecule has 1 heterocycles. The third kappa shape index (κ3) is 4.14. The number of nitrogens with one attached hydrogen (secondary N) is 1. The van der Waals surface area contributed by atoms with E-state index < -0.39 is 0 Å². The summed E-state index contributed by atoms with van der Waals surface area (Å²) < 4.78 is 7.26. The molecule has 3 aromatic rings. The van der Waals surface area contributed by atoms with Crippen molar-refractivity contribution in [2.45, 2.75) is 6.92 Å². The smallest absolute Gasteiger partial charge is 0.248 e. The molecule has 0 aliphatic heterocycles. The number of carbonyl (C=O) groups excluding carboxylic acids is 1. The zero-order valence-electron chi connectivity index (χ0n) is 14.1. The van der Waals surface area contributed by atoms with Crippen LogP contribution in [0.3, 0.4) is 0 Å². The number of aromatic nitrogens is 2. The van der Waals surface area contributed by atoms with Crippen LogP contribution in [-0.2, 0) is 4.79 Å². The van der Waals surface area contributed by atoms with Crippen LogP contribution < -0.4 is 10.1 Å². The number of nitrogens with zero attached hydrogens (tertiary/aromatic N) is 2. The molecule has 0 fully saturated rings. The molecule has 25 heavy (non-hydrogen) atoms. The SMILES string of the molecule is COc1ccc(NC(=O)/C=C/c2ccccc2)cc1-n1cnc(C)c1. The van der Waals surface area contributed by atoms with Gasteiger partial charge in [-0.3, -0.25) is 4.79 Å². The molecular weight excluding hydrogens is 314 g/mol. The highest BCUT2D eigenvalue weighted by Crippen LogP contribution is 2.26. The largest absolute Gasteiger partial charge is 0.495 e. The van der Waals surface area contributed by atoms with Crippen LogP contribution in [0.4, 0.5) is 5.69 Å². The average Bonchev–Trinajstić information content (AvgIpc) is 3.07. The molecule has 1 amide bonds. The van der Waals surface area contributed by atoms with Crippen molar-refractivity contribution in [3.05, 3.63) is 78.4 Å². The number of hydrogen-bond acceptors (Lipinski definition) is 3. The van der Waals surface area contributed by atoms with Crippen molar-refractivity contribution in [2.75, 3.05) is 12.4 Å². The summed E-state index contributed by atoms with van der Waals surface area (Å²) in [5, 5.41) is 2.87. The van der Waals surface area contributed by atoms with E-state index in [1.807, 2.05) is 60.2 Å². The molecule has 5 nitrogen and oxygen atoms in total. The summed E-state index contributed by atoms with van der Waals surface area (Å²) in [4.78, 5) is 16.4. The van der Waals surface area contributed by atoms with Crippen molar-refractivity contribution in [2.24, 2.45) is 0 Å². The Morgan fingerprint density at radius 3 is 2.68 bits per heavy atom. The highest BCUT2D eigenvalue weighted by molar-refractivity contribution is 6.02. The second-order valence-corrected chi connectivity index (χ2v) is 5.54. The fourth-order valence-corrected chi connectivity index (χ4v) is 2.44. The van der Waals surface area contributed by atoms with Crippen molar-refractivity contribution in [1.29, 1.82) is 0 Å². The molecule has 0 saturated carbocycles. The fraction of sp³-hybridized carbons (Fsp3) is 0.100. The minimum absolute atomic E-state index is 0.193. The first-order valence-corrected chi connectivity index (χ1v) is 7.89. The quantitative estimate of drug-likeness (QED) is 0.722. The number of carbonyl (C=O) groups is 1. The molecule has 126 valence electrons. The second-order valence-electron chi connectivity index (χ2n) is 5.54. The summed E-state index contributed by atoms with van der Waals surface area (Å²) >= 11 is 0. The van der Waals surface area contributed by atoms with Gasteiger partial charge < -0.3 is 14.6 Å². The van der Waals surface area contributed by atoms with Gasteiger partial charge in [0.1, 0.15) is 5.75 Å². The van der Waals surface area contributed by atoms with Gasteiger partial charge in [0.2, 0.25) is 5.91 Å². The molecule has 0 aliphatic rings. The van der Waals surface area contributed by atoms with Crippen molar-refractivity contribution in [3.8, 4) is 11.4 Å². The van der Waals surface area contributed by atoms with Crippen LogP contribution in [0.15, 0.2) is 67.1 Å². The van der Waals surface area contributed by atoms with E-state index in [0.717, 1.165) is 16.9 Å². The Balaban J connectivity index is 1.78. The Bertz CT molecular complexity index is 898. The van der Waals surface area contributed by atoms with Gasteiger partial charge in [-0.25, -0.2) is 4.98 Å². The van der Waals surface area contributed by atoms with Gasteiger partial charge in [-0.2, -0.15) is 0 Å². The maximum absolute atomic E-state index is 12.1. The average molecular weight is 333 g/mol. The van der Waals surface area contributed by atoms with Crippen molar-refractivity contribution in [3.63, 3.8) is 0 Å². The molecule has 1 aromatic heterocycles. The monoisotopic (exact) mass is 333 g/mol. The molecule has 0 saturated heterocycles. The standard InChI is InChI=1S/C20H19N3O2/c1-15-13-23(14-21-15)18-12-17(9-10-19(18)25-2)22-20(24)11-8-16-6-4-3-5-7-16/h3-14H,1-2H3,(H,22,24)/b11-8+. The van der Waals surface area contributed by atoms with E-state index in [1.165, 1.54) is 6.08 Å². The van der Waals surface area contributed by atoms with E-state index in [0.29, 0.717) is 11.4 Å². The minimum atomic E-state index is -0.193. The first-order valence-electron chi connectivity index (χ1n) is 7.89. The van der Waals surface area contributed by atoms with E-state index in [-0.39, 0.29) is 5.91 Å². The molecule has 0 radical (unpaired) electrons. The lowest BCUT2D eigenvalue weighted by molar-refractivity contribution is -0.111. The predicted molar refractivity (Wildman–Crippen MR) is 99.0 cm³/mol. The maximum Gasteiger partial charge on any atom is 0.248 e. The highest BCUT2D eigenvalue weighted by atomic mass is 16.5. The topological polar surface area (TPSA) is 56.1 Å². The van der Waals surface area contributed by atoms with Crippen LogP contribution in [-0.4, -0.2) is 22.6 Å². The Kier molecular flexibility index (Phi) is 4.95. The predicted octanol–water partition coefficient (Wildman–Crippen LogP) is 3.84. The number of anilines is 1. The third-order valence-electron chi connectivity index (χ3n) is 3.66. The lowest BCUT2D eigenvalue weighted by Crippen LogP contribution is -2.08. The van der Waals surface area contributed by atoms with Gasteiger partial charge in [0.05, 0.1) is 24.8 Å². The van der Waals surface area contributed by atoms with Crippen LogP contribution in [0.5, 0.6) is 5.75 Å². The summed E-state index contributed by atoms with van der Waals surface area (Å²) in [5.41, 5.74) is 3.38. The molecule has 3 rings (SSSR count). The molecule has 0 unspecified atom stereocenters. The number of hydrogen-bond donors (Lipinski definition) is 1. The molecule has 0 aliphatic carbocycles. The minimum Gasteiger partial charge on any atom is -0.495 e. The van der Waals surface area contributed by atoms with Crippen LogP contribution in [0.2, 0.25) is 0 Å². The zero-order chi connectivity index (χ0) is 17.6. The number of ether oxygens (including phenoxy) is 1. The molecule has 0 atom stereocenters. The van der Waals surface area contributed by atoms with Crippen molar-refractivity contribution < 1.29 is 9.53 Å². The summed E-state index contributed by atoms with van der Waals surface area (Å²) in [6, 6.07) is 15.2. The first kappa shape index (κ1) is 16.5. The number of aryl methyl sites for hydroxylation is 1. The van der Waals surface area contributed by atoms with Gasteiger partial charge in [-0.15, -0.1) is 0 Å². The Hall–Kier alpha value is -3.34. The maximum atomic E-state index is 12.1. The first-order chi connectivity index (χ1) is 12.2. The van der Waals surface area contributed by atoms with Gasteiger partial charge in [0.25, 0.3) is 0 Å². The number of benzene rings is 2. The number of amides is 1. The Labute approximate surface area is 146 Å². The summed E-state index contributed by atoms with van der Waals surface area (Å²) in [5.74, 6) is 0.511. The molecular formula is C20H19N3O2. The van der Waals surface area contributed by atoms with Crippen LogP contribution in [0.1, 0.15) is 11.3 Å².